The maximum absolute atomic E-state index is 16.4. The van der Waals surface area contributed by atoms with Crippen molar-refractivity contribution in [2.75, 3.05) is 44.7 Å². The Morgan fingerprint density at radius 2 is 1.78 bits per heavy atom. The Balaban J connectivity index is 1.59. The number of ether oxygens (including phenoxy) is 2. The first-order chi connectivity index (χ1) is 21.6. The zero-order chi connectivity index (χ0) is 31.9. The van der Waals surface area contributed by atoms with E-state index < -0.39 is 41.0 Å². The summed E-state index contributed by atoms with van der Waals surface area (Å²) < 4.78 is 43.3. The molecule has 1 N–H and O–H groups in total. The lowest BCUT2D eigenvalue weighted by molar-refractivity contribution is -0.146. The number of rotatable bonds is 8. The average molecular weight is 659 g/mol. The number of carbonyl (C=O) groups excluding carboxylic acids is 2. The van der Waals surface area contributed by atoms with E-state index >= 15 is 8.78 Å². The van der Waals surface area contributed by atoms with Gasteiger partial charge in [-0.1, -0.05) is 41.4 Å². The van der Waals surface area contributed by atoms with Gasteiger partial charge < -0.3 is 19.7 Å². The van der Waals surface area contributed by atoms with Crippen molar-refractivity contribution < 1.29 is 27.8 Å². The molecule has 3 atom stereocenters. The van der Waals surface area contributed by atoms with Gasteiger partial charge >= 0.3 is 0 Å². The third-order valence-electron chi connectivity index (χ3n) is 9.00. The molecule has 0 bridgehead atoms. The number of hydrogen-bond donors (Lipinski definition) is 1. The van der Waals surface area contributed by atoms with Crippen molar-refractivity contribution in [1.29, 1.82) is 0 Å². The van der Waals surface area contributed by atoms with Crippen molar-refractivity contribution in [3.05, 3.63) is 93.0 Å². The molecule has 3 aliphatic rings. The quantitative estimate of drug-likeness (QED) is 0.291. The summed E-state index contributed by atoms with van der Waals surface area (Å²) in [5.74, 6) is -3.70. The first-order valence-corrected chi connectivity index (χ1v) is 16.0. The summed E-state index contributed by atoms with van der Waals surface area (Å²) >= 11 is 12.8. The number of anilines is 1. The molecule has 3 aromatic rings. The third kappa shape index (κ3) is 5.80. The molecule has 2 fully saturated rings. The molecule has 0 saturated carbocycles. The van der Waals surface area contributed by atoms with E-state index in [0.717, 1.165) is 19.2 Å². The van der Waals surface area contributed by atoms with Gasteiger partial charge in [-0.25, -0.2) is 8.78 Å². The predicted octanol–water partition coefficient (Wildman–Crippen LogP) is 6.73. The first kappa shape index (κ1) is 31.7. The number of benzene rings is 3. The van der Waals surface area contributed by atoms with Gasteiger partial charge in [-0.2, -0.15) is 0 Å². The monoisotopic (exact) mass is 657 g/mol. The first-order valence-electron chi connectivity index (χ1n) is 15.2. The molecule has 0 unspecified atom stereocenters. The minimum atomic E-state index is -1.58. The van der Waals surface area contributed by atoms with Gasteiger partial charge in [-0.05, 0) is 67.8 Å². The van der Waals surface area contributed by atoms with Gasteiger partial charge in [0.05, 0.1) is 30.9 Å². The number of nitrogens with one attached hydrogen (secondary N) is 1. The highest BCUT2D eigenvalue weighted by Gasteiger charge is 2.64. The fourth-order valence-electron chi connectivity index (χ4n) is 7.17. The number of nitrogens with zero attached hydrogens (tertiary/aromatic N) is 2. The van der Waals surface area contributed by atoms with Gasteiger partial charge in [-0.3, -0.25) is 14.5 Å². The van der Waals surface area contributed by atoms with E-state index in [0.29, 0.717) is 53.0 Å². The zero-order valence-corrected chi connectivity index (χ0v) is 26.6. The van der Waals surface area contributed by atoms with Gasteiger partial charge in [0.25, 0.3) is 0 Å². The van der Waals surface area contributed by atoms with Crippen LogP contribution in [-0.2, 0) is 19.7 Å². The van der Waals surface area contributed by atoms with E-state index in [1.54, 1.807) is 55.1 Å². The second-order valence-electron chi connectivity index (χ2n) is 12.1. The van der Waals surface area contributed by atoms with Crippen LogP contribution < -0.4 is 10.1 Å². The lowest BCUT2D eigenvalue weighted by Gasteiger charge is -2.52. The molecule has 0 aromatic heterocycles. The van der Waals surface area contributed by atoms with Crippen molar-refractivity contribution in [2.24, 2.45) is 0 Å². The summed E-state index contributed by atoms with van der Waals surface area (Å²) in [4.78, 5) is 32.8. The van der Waals surface area contributed by atoms with Crippen LogP contribution in [-0.4, -0.2) is 67.1 Å². The average Bonchev–Trinajstić information content (AvgIpc) is 3.28. The lowest BCUT2D eigenvalue weighted by Crippen LogP contribution is -2.59. The van der Waals surface area contributed by atoms with Crippen LogP contribution in [0.15, 0.2) is 54.6 Å². The fraction of sp³-hybridized carbons (Fsp3) is 0.412. The van der Waals surface area contributed by atoms with Gasteiger partial charge in [-0.15, -0.1) is 0 Å². The maximum Gasteiger partial charge on any atom is 0.238 e. The molecule has 11 heteroatoms. The molecule has 0 radical (unpaired) electrons. The van der Waals surface area contributed by atoms with Crippen LogP contribution in [0.25, 0.3) is 0 Å². The summed E-state index contributed by atoms with van der Waals surface area (Å²) in [7, 11) is 0. The number of carbonyl (C=O) groups is 2. The van der Waals surface area contributed by atoms with Crippen molar-refractivity contribution in [3.8, 4) is 5.75 Å². The van der Waals surface area contributed by atoms with Gasteiger partial charge in [0, 0.05) is 54.3 Å². The summed E-state index contributed by atoms with van der Waals surface area (Å²) in [6.07, 6.45) is 0.0964. The highest BCUT2D eigenvalue weighted by Crippen LogP contribution is 2.61. The summed E-state index contributed by atoms with van der Waals surface area (Å²) in [6, 6.07) is 13.2. The third-order valence-corrected chi connectivity index (χ3v) is 9.47. The molecular weight excluding hydrogens is 623 g/mol. The molecule has 3 heterocycles. The van der Waals surface area contributed by atoms with E-state index in [1.807, 2.05) is 6.07 Å². The van der Waals surface area contributed by atoms with E-state index in [2.05, 4.69) is 10.2 Å². The summed E-state index contributed by atoms with van der Waals surface area (Å²) in [6.45, 7) is 7.21. The van der Waals surface area contributed by atoms with E-state index in [-0.39, 0.29) is 30.2 Å². The number of fused-ring (bicyclic) bond motifs is 2. The Morgan fingerprint density at radius 1 is 1.02 bits per heavy atom. The Hall–Kier alpha value is -3.24. The summed E-state index contributed by atoms with van der Waals surface area (Å²) in [5.41, 5.74) is -0.128. The van der Waals surface area contributed by atoms with Crippen LogP contribution in [0.4, 0.5) is 14.5 Å². The number of likely N-dealkylation sites (tertiary alicyclic amines) is 1. The zero-order valence-electron chi connectivity index (χ0n) is 25.1. The predicted molar refractivity (Wildman–Crippen MR) is 169 cm³/mol. The molecule has 3 aliphatic heterocycles. The van der Waals surface area contributed by atoms with Crippen LogP contribution in [0.5, 0.6) is 5.75 Å². The van der Waals surface area contributed by atoms with Crippen molar-refractivity contribution in [1.82, 2.24) is 9.80 Å². The molecule has 45 heavy (non-hydrogen) atoms. The van der Waals surface area contributed by atoms with E-state index in [4.69, 9.17) is 32.7 Å². The Labute approximate surface area is 271 Å². The number of piperidine rings is 1. The second kappa shape index (κ2) is 12.9. The van der Waals surface area contributed by atoms with Crippen LogP contribution in [0.1, 0.15) is 55.3 Å². The molecular formula is C34H35Cl2F2N3O4. The maximum atomic E-state index is 16.4. The highest BCUT2D eigenvalue weighted by atomic mass is 35.5. The van der Waals surface area contributed by atoms with Gasteiger partial charge in [0.15, 0.2) is 11.6 Å². The topological polar surface area (TPSA) is 71.1 Å². The van der Waals surface area contributed by atoms with E-state index in [1.165, 1.54) is 6.07 Å². The highest BCUT2D eigenvalue weighted by molar-refractivity contribution is 6.31. The molecule has 7 nitrogen and oxygen atoms in total. The molecule has 238 valence electrons. The van der Waals surface area contributed by atoms with Crippen molar-refractivity contribution in [2.45, 2.75) is 50.2 Å². The van der Waals surface area contributed by atoms with Crippen molar-refractivity contribution >= 4 is 40.7 Å². The number of amides is 2. The fourth-order valence-corrected chi connectivity index (χ4v) is 7.54. The standard InChI is InChI=1S/C34H35Cl2F2N3O4/c1-20(2)45-28-10-9-26(37)31(38)30(28)32-34(24-8-7-23(36)18-27(24)39-33(34)43)25(21-5-3-6-22(35)17-21)19-29(42)41(32)12-4-11-40-13-15-44-16-14-40/h3,5-10,17-18,20,25,32H,4,11-16,19H2,1-2H3,(H,39,43)/t25-,32+,34-/m1/s1. The largest absolute Gasteiger partial charge is 0.491 e. The molecule has 3 aromatic carbocycles. The Bertz CT molecular complexity index is 1620. The molecule has 2 saturated heterocycles. The lowest BCUT2D eigenvalue weighted by atomic mass is 9.58. The van der Waals surface area contributed by atoms with Crippen LogP contribution >= 0.6 is 23.2 Å². The molecule has 1 spiro atoms. The van der Waals surface area contributed by atoms with E-state index in [9.17, 15) is 9.59 Å². The van der Waals surface area contributed by atoms with Crippen LogP contribution in [0.3, 0.4) is 0 Å². The van der Waals surface area contributed by atoms with Gasteiger partial charge in [0.2, 0.25) is 11.8 Å². The molecule has 0 aliphatic carbocycles. The minimum absolute atomic E-state index is 0.0544. The molecule has 6 rings (SSSR count). The van der Waals surface area contributed by atoms with Crippen LogP contribution in [0.2, 0.25) is 10.0 Å². The number of hydrogen-bond acceptors (Lipinski definition) is 5. The molecule has 2 amide bonds. The van der Waals surface area contributed by atoms with Crippen molar-refractivity contribution in [3.63, 3.8) is 0 Å². The van der Waals surface area contributed by atoms with Crippen LogP contribution in [0, 0.1) is 11.6 Å². The number of morpholine rings is 1. The SMILES string of the molecule is CC(C)Oc1ccc(F)c(F)c1[C@@H]1N(CCCN2CCOCC2)C(=O)C[C@H](c2cccc(Cl)c2)[C@@]12C(=O)Nc1cc(Cl)ccc12. The normalized spacial score (nSPS) is 23.5. The number of halogens is 4. The smallest absolute Gasteiger partial charge is 0.238 e. The Morgan fingerprint density at radius 3 is 2.51 bits per heavy atom. The minimum Gasteiger partial charge on any atom is -0.491 e. The van der Waals surface area contributed by atoms with Gasteiger partial charge in [0.1, 0.15) is 11.2 Å². The Kier molecular flexibility index (Phi) is 9.07. The summed E-state index contributed by atoms with van der Waals surface area (Å²) in [5, 5.41) is 3.80. The second-order valence-corrected chi connectivity index (χ2v) is 12.9.